The molecule has 96 valence electrons. The molecule has 1 aliphatic heterocycles. The van der Waals surface area contributed by atoms with Crippen molar-refractivity contribution in [3.05, 3.63) is 23.7 Å². The number of aryl methyl sites for hydroxylation is 1. The van der Waals surface area contributed by atoms with Crippen LogP contribution in [0.1, 0.15) is 36.2 Å². The van der Waals surface area contributed by atoms with Crippen LogP contribution < -0.4 is 0 Å². The van der Waals surface area contributed by atoms with Crippen molar-refractivity contribution < 1.29 is 4.74 Å². The Kier molecular flexibility index (Phi) is 2.99. The first kappa shape index (κ1) is 11.9. The average molecular weight is 266 g/mol. The Morgan fingerprint density at radius 3 is 3.06 bits per heavy atom. The van der Waals surface area contributed by atoms with Crippen LogP contribution in [0.5, 0.6) is 0 Å². The van der Waals surface area contributed by atoms with Crippen molar-refractivity contribution in [1.29, 1.82) is 0 Å². The van der Waals surface area contributed by atoms with Crippen LogP contribution in [0.3, 0.4) is 0 Å². The number of rotatable bonds is 2. The van der Waals surface area contributed by atoms with E-state index in [1.807, 2.05) is 19.2 Å². The maximum absolute atomic E-state index is 6.26. The highest BCUT2D eigenvalue weighted by atomic mass is 35.5. The molecule has 0 radical (unpaired) electrons. The molecular formula is C13H16ClN3O. The van der Waals surface area contributed by atoms with Gasteiger partial charge in [0.2, 0.25) is 0 Å². The van der Waals surface area contributed by atoms with Crippen LogP contribution in [0, 0.1) is 6.92 Å². The van der Waals surface area contributed by atoms with E-state index in [4.69, 9.17) is 16.3 Å². The van der Waals surface area contributed by atoms with Crippen LogP contribution in [0.4, 0.5) is 0 Å². The molecule has 0 amide bonds. The topological polar surface area (TPSA) is 39.9 Å². The van der Waals surface area contributed by atoms with E-state index in [0.717, 1.165) is 42.2 Å². The summed E-state index contributed by atoms with van der Waals surface area (Å²) >= 11 is 6.26. The molecule has 3 rings (SSSR count). The highest BCUT2D eigenvalue weighted by Crippen LogP contribution is 2.31. The normalized spacial score (nSPS) is 21.6. The Hall–Kier alpha value is -1.13. The number of halogens is 1. The second-order valence-corrected chi connectivity index (χ2v) is 5.43. The fraction of sp³-hybridized carbons (Fsp3) is 0.538. The lowest BCUT2D eigenvalue weighted by atomic mass is 10.2. The molecule has 3 heterocycles. The SMILES string of the molecule is Cc1ccnc2c1nc(C(C)Cl)n2C1CCOC1. The number of alkyl halides is 1. The highest BCUT2D eigenvalue weighted by molar-refractivity contribution is 6.20. The zero-order valence-electron chi connectivity index (χ0n) is 10.6. The van der Waals surface area contributed by atoms with E-state index < -0.39 is 0 Å². The van der Waals surface area contributed by atoms with Crippen LogP contribution in [-0.4, -0.2) is 27.7 Å². The maximum Gasteiger partial charge on any atom is 0.160 e. The van der Waals surface area contributed by atoms with Crippen LogP contribution >= 0.6 is 11.6 Å². The number of pyridine rings is 1. The van der Waals surface area contributed by atoms with E-state index in [2.05, 4.69) is 21.5 Å². The third-order valence-electron chi connectivity index (χ3n) is 3.43. The number of fused-ring (bicyclic) bond motifs is 1. The summed E-state index contributed by atoms with van der Waals surface area (Å²) in [7, 11) is 0. The van der Waals surface area contributed by atoms with Gasteiger partial charge in [-0.15, -0.1) is 11.6 Å². The van der Waals surface area contributed by atoms with Crippen molar-refractivity contribution in [3.8, 4) is 0 Å². The number of imidazole rings is 1. The lowest BCUT2D eigenvalue weighted by molar-refractivity contribution is 0.186. The van der Waals surface area contributed by atoms with E-state index in [9.17, 15) is 0 Å². The zero-order chi connectivity index (χ0) is 12.7. The second kappa shape index (κ2) is 4.52. The van der Waals surface area contributed by atoms with Crippen molar-refractivity contribution >= 4 is 22.8 Å². The molecule has 0 aliphatic carbocycles. The summed E-state index contributed by atoms with van der Waals surface area (Å²) < 4.78 is 7.64. The van der Waals surface area contributed by atoms with Crippen molar-refractivity contribution in [2.75, 3.05) is 13.2 Å². The number of ether oxygens (including phenoxy) is 1. The van der Waals surface area contributed by atoms with E-state index in [0.29, 0.717) is 6.04 Å². The lowest BCUT2D eigenvalue weighted by Crippen LogP contribution is -2.13. The summed E-state index contributed by atoms with van der Waals surface area (Å²) in [6.07, 6.45) is 2.83. The predicted molar refractivity (Wildman–Crippen MR) is 71.0 cm³/mol. The first-order valence-electron chi connectivity index (χ1n) is 6.23. The Balaban J connectivity index is 2.25. The van der Waals surface area contributed by atoms with Gasteiger partial charge in [-0.3, -0.25) is 0 Å². The predicted octanol–water partition coefficient (Wildman–Crippen LogP) is 3.00. The minimum absolute atomic E-state index is 0.126. The van der Waals surface area contributed by atoms with Gasteiger partial charge in [0.1, 0.15) is 11.3 Å². The van der Waals surface area contributed by atoms with Crippen molar-refractivity contribution in [1.82, 2.24) is 14.5 Å². The third kappa shape index (κ3) is 1.80. The van der Waals surface area contributed by atoms with Gasteiger partial charge < -0.3 is 9.30 Å². The van der Waals surface area contributed by atoms with Gasteiger partial charge in [0, 0.05) is 12.8 Å². The lowest BCUT2D eigenvalue weighted by Gasteiger charge is -2.15. The molecule has 0 spiro atoms. The summed E-state index contributed by atoms with van der Waals surface area (Å²) in [5.41, 5.74) is 3.01. The third-order valence-corrected chi connectivity index (χ3v) is 3.63. The van der Waals surface area contributed by atoms with Crippen LogP contribution in [0.2, 0.25) is 0 Å². The van der Waals surface area contributed by atoms with Crippen molar-refractivity contribution in [2.45, 2.75) is 31.7 Å². The van der Waals surface area contributed by atoms with E-state index in [1.165, 1.54) is 0 Å². The smallest absolute Gasteiger partial charge is 0.160 e. The Morgan fingerprint density at radius 2 is 2.39 bits per heavy atom. The van der Waals surface area contributed by atoms with Gasteiger partial charge in [-0.2, -0.15) is 0 Å². The number of hydrogen-bond acceptors (Lipinski definition) is 3. The summed E-state index contributed by atoms with van der Waals surface area (Å²) in [4.78, 5) is 9.15. The van der Waals surface area contributed by atoms with Crippen LogP contribution in [0.25, 0.3) is 11.2 Å². The molecule has 2 unspecified atom stereocenters. The average Bonchev–Trinajstić information content (AvgIpc) is 2.94. The van der Waals surface area contributed by atoms with Gasteiger partial charge in [0.15, 0.2) is 5.65 Å². The molecule has 1 saturated heterocycles. The highest BCUT2D eigenvalue weighted by Gasteiger charge is 2.26. The minimum atomic E-state index is -0.126. The van der Waals surface area contributed by atoms with E-state index in [-0.39, 0.29) is 5.38 Å². The fourth-order valence-electron chi connectivity index (χ4n) is 2.49. The number of nitrogens with zero attached hydrogens (tertiary/aromatic N) is 3. The standard InChI is InChI=1S/C13H16ClN3O/c1-8-3-5-15-13-11(8)16-12(9(2)14)17(13)10-4-6-18-7-10/h3,5,9-10H,4,6-7H2,1-2H3. The van der Waals surface area contributed by atoms with Gasteiger partial charge in [0.05, 0.1) is 18.0 Å². The van der Waals surface area contributed by atoms with Crippen LogP contribution in [0.15, 0.2) is 12.3 Å². The molecular weight excluding hydrogens is 250 g/mol. The van der Waals surface area contributed by atoms with E-state index in [1.54, 1.807) is 0 Å². The molecule has 2 aromatic heterocycles. The van der Waals surface area contributed by atoms with E-state index >= 15 is 0 Å². The van der Waals surface area contributed by atoms with Crippen LogP contribution in [-0.2, 0) is 4.74 Å². The molecule has 0 N–H and O–H groups in total. The number of aromatic nitrogens is 3. The summed E-state index contributed by atoms with van der Waals surface area (Å²) in [5.74, 6) is 0.893. The maximum atomic E-state index is 6.26. The fourth-order valence-corrected chi connectivity index (χ4v) is 2.65. The van der Waals surface area contributed by atoms with Gasteiger partial charge in [-0.1, -0.05) is 0 Å². The Bertz CT molecular complexity index is 573. The first-order chi connectivity index (χ1) is 8.68. The summed E-state index contributed by atoms with van der Waals surface area (Å²) in [6, 6.07) is 2.29. The van der Waals surface area contributed by atoms with Gasteiger partial charge >= 0.3 is 0 Å². The second-order valence-electron chi connectivity index (χ2n) is 4.77. The summed E-state index contributed by atoms with van der Waals surface area (Å²) in [5, 5.41) is -0.126. The largest absolute Gasteiger partial charge is 0.379 e. The molecule has 0 saturated carbocycles. The van der Waals surface area contributed by atoms with Crippen molar-refractivity contribution in [2.24, 2.45) is 0 Å². The number of hydrogen-bond donors (Lipinski definition) is 0. The Morgan fingerprint density at radius 1 is 1.56 bits per heavy atom. The summed E-state index contributed by atoms with van der Waals surface area (Å²) in [6.45, 7) is 5.52. The molecule has 1 aliphatic rings. The quantitative estimate of drug-likeness (QED) is 0.784. The monoisotopic (exact) mass is 265 g/mol. The molecule has 0 aromatic carbocycles. The van der Waals surface area contributed by atoms with Gasteiger partial charge in [0.25, 0.3) is 0 Å². The molecule has 2 atom stereocenters. The van der Waals surface area contributed by atoms with Crippen molar-refractivity contribution in [3.63, 3.8) is 0 Å². The molecule has 5 heteroatoms. The Labute approximate surface area is 111 Å². The molecule has 1 fully saturated rings. The minimum Gasteiger partial charge on any atom is -0.379 e. The first-order valence-corrected chi connectivity index (χ1v) is 6.67. The molecule has 18 heavy (non-hydrogen) atoms. The zero-order valence-corrected chi connectivity index (χ0v) is 11.3. The molecule has 4 nitrogen and oxygen atoms in total. The van der Waals surface area contributed by atoms with Gasteiger partial charge in [-0.05, 0) is 31.9 Å². The molecule has 0 bridgehead atoms. The van der Waals surface area contributed by atoms with Gasteiger partial charge in [-0.25, -0.2) is 9.97 Å². The molecule has 2 aromatic rings.